The van der Waals surface area contributed by atoms with Crippen LogP contribution in [0.3, 0.4) is 0 Å². The molecule has 0 fully saturated rings. The SMILES string of the molecule is CCCCCCCCCCCCCOP(OCCCCCCCCCCCCC)Oc1ccccc1C(C)(C)c1ccccc1OP(OCCCCCCCCCCCCC)OCCCCCCCCCCCCC. The molecule has 0 saturated carbocycles. The molecule has 6 nitrogen and oxygen atoms in total. The summed E-state index contributed by atoms with van der Waals surface area (Å²) in [6.07, 6.45) is 57.7. The second-order valence-electron chi connectivity index (χ2n) is 22.7. The Hall–Kier alpha value is -1.26. The highest BCUT2D eigenvalue weighted by atomic mass is 31.2. The van der Waals surface area contributed by atoms with Gasteiger partial charge in [0.15, 0.2) is 0 Å². The van der Waals surface area contributed by atoms with Gasteiger partial charge in [0.2, 0.25) is 0 Å². The van der Waals surface area contributed by atoms with Gasteiger partial charge in [-0.1, -0.05) is 335 Å². The summed E-state index contributed by atoms with van der Waals surface area (Å²) in [5.41, 5.74) is 1.70. The number of rotatable bonds is 58. The van der Waals surface area contributed by atoms with E-state index < -0.39 is 22.6 Å². The summed E-state index contributed by atoms with van der Waals surface area (Å²) in [6, 6.07) is 17.0. The summed E-state index contributed by atoms with van der Waals surface area (Å²) in [4.78, 5) is 0. The highest BCUT2D eigenvalue weighted by molar-refractivity contribution is 7.42. The van der Waals surface area contributed by atoms with Crippen LogP contribution in [-0.2, 0) is 23.5 Å². The van der Waals surface area contributed by atoms with Crippen LogP contribution in [0.25, 0.3) is 0 Å². The lowest BCUT2D eigenvalue weighted by molar-refractivity contribution is 0.197. The number of hydrogen-bond acceptors (Lipinski definition) is 6. The zero-order valence-corrected chi connectivity index (χ0v) is 52.2. The van der Waals surface area contributed by atoms with Gasteiger partial charge in [-0.25, -0.2) is 0 Å². The molecule has 2 aromatic rings. The van der Waals surface area contributed by atoms with Crippen LogP contribution in [-0.4, -0.2) is 26.4 Å². The fraction of sp³-hybridized carbons (Fsp3) is 0.821. The smallest absolute Gasteiger partial charge is 0.397 e. The standard InChI is InChI=1S/C67H122O6P2/c1-7-11-15-19-23-27-31-35-39-43-51-59-68-74(69-60-52-44-40-36-32-28-24-20-16-12-8-2)72-65-57-49-47-55-63(65)67(5,6)64-56-48-50-58-66(64)73-75(70-61-53-45-41-37-33-29-25-21-17-13-9-3)71-62-54-46-42-38-34-30-26-22-18-14-10-4/h47-50,55-58H,7-46,51-54,59-62H2,1-6H3. The first-order valence-corrected chi connectivity index (χ1v) is 34.8. The maximum Gasteiger partial charge on any atom is 0.397 e. The van der Waals surface area contributed by atoms with Gasteiger partial charge in [0.05, 0.1) is 26.4 Å². The molecule has 0 bridgehead atoms. The lowest BCUT2D eigenvalue weighted by Gasteiger charge is -2.31. The molecular weight excluding hydrogens is 963 g/mol. The average Bonchev–Trinajstić information content (AvgIpc) is 3.42. The Morgan fingerprint density at radius 1 is 0.267 bits per heavy atom. The van der Waals surface area contributed by atoms with Crippen LogP contribution in [0.5, 0.6) is 11.5 Å². The Balaban J connectivity index is 2.09. The third-order valence-electron chi connectivity index (χ3n) is 15.2. The molecule has 0 atom stereocenters. The lowest BCUT2D eigenvalue weighted by Crippen LogP contribution is -2.21. The summed E-state index contributed by atoms with van der Waals surface area (Å²) in [6.45, 7) is 16.4. The molecule has 75 heavy (non-hydrogen) atoms. The van der Waals surface area contributed by atoms with E-state index >= 15 is 0 Å². The molecule has 2 aromatic carbocycles. The molecule has 0 heterocycles. The summed E-state index contributed by atoms with van der Waals surface area (Å²) in [5.74, 6) is 1.62. The zero-order valence-electron chi connectivity index (χ0n) is 50.4. The van der Waals surface area contributed by atoms with E-state index in [-0.39, 0.29) is 0 Å². The lowest BCUT2D eigenvalue weighted by atomic mass is 9.77. The van der Waals surface area contributed by atoms with E-state index in [0.29, 0.717) is 26.4 Å². The minimum atomic E-state index is -1.57. The predicted molar refractivity (Wildman–Crippen MR) is 330 cm³/mol. The Morgan fingerprint density at radius 3 is 0.667 bits per heavy atom. The number of benzene rings is 2. The van der Waals surface area contributed by atoms with Crippen LogP contribution in [0.2, 0.25) is 0 Å². The molecule has 0 radical (unpaired) electrons. The molecule has 0 N–H and O–H groups in total. The third kappa shape index (κ3) is 38.9. The number of unbranched alkanes of at least 4 members (excludes halogenated alkanes) is 40. The van der Waals surface area contributed by atoms with Gasteiger partial charge in [-0.3, -0.25) is 0 Å². The first-order chi connectivity index (χ1) is 37.0. The molecule has 8 heteroatoms. The van der Waals surface area contributed by atoms with Gasteiger partial charge in [-0.2, -0.15) is 0 Å². The molecule has 0 unspecified atom stereocenters. The molecule has 0 spiro atoms. The fourth-order valence-electron chi connectivity index (χ4n) is 10.2. The molecule has 0 amide bonds. The van der Waals surface area contributed by atoms with Crippen molar-refractivity contribution in [2.45, 2.75) is 329 Å². The van der Waals surface area contributed by atoms with Gasteiger partial charge in [0.1, 0.15) is 11.5 Å². The van der Waals surface area contributed by atoms with Crippen LogP contribution in [0.1, 0.15) is 335 Å². The van der Waals surface area contributed by atoms with Gasteiger partial charge >= 0.3 is 17.2 Å². The van der Waals surface area contributed by atoms with Crippen molar-refractivity contribution in [2.75, 3.05) is 26.4 Å². The van der Waals surface area contributed by atoms with Crippen molar-refractivity contribution >= 4 is 17.2 Å². The summed E-state index contributed by atoms with van der Waals surface area (Å²) in [7, 11) is -3.14. The van der Waals surface area contributed by atoms with E-state index in [9.17, 15) is 0 Å². The summed E-state index contributed by atoms with van der Waals surface area (Å²) >= 11 is 0. The first kappa shape index (κ1) is 69.8. The average molecular weight is 1090 g/mol. The quantitative estimate of drug-likeness (QED) is 0.0486. The second kappa shape index (κ2) is 52.1. The molecule has 0 aliphatic heterocycles. The molecule has 0 aliphatic rings. The van der Waals surface area contributed by atoms with E-state index in [4.69, 9.17) is 27.1 Å². The minimum absolute atomic E-state index is 0.465. The first-order valence-electron chi connectivity index (χ1n) is 32.6. The van der Waals surface area contributed by atoms with Gasteiger partial charge in [-0.15, -0.1) is 0 Å². The Bertz CT molecular complexity index is 1330. The van der Waals surface area contributed by atoms with Crippen LogP contribution < -0.4 is 9.05 Å². The van der Waals surface area contributed by atoms with Gasteiger partial charge in [-0.05, 0) is 37.8 Å². The van der Waals surface area contributed by atoms with Crippen molar-refractivity contribution in [1.29, 1.82) is 0 Å². The van der Waals surface area contributed by atoms with Crippen LogP contribution in [0, 0.1) is 0 Å². The van der Waals surface area contributed by atoms with Crippen LogP contribution in [0.15, 0.2) is 48.5 Å². The second-order valence-corrected chi connectivity index (χ2v) is 25.0. The van der Waals surface area contributed by atoms with Crippen molar-refractivity contribution in [3.8, 4) is 11.5 Å². The van der Waals surface area contributed by atoms with E-state index in [0.717, 1.165) is 48.3 Å². The Labute approximate surface area is 469 Å². The Kier molecular flexibility index (Phi) is 48.6. The Morgan fingerprint density at radius 2 is 0.453 bits per heavy atom. The molecule has 0 aromatic heterocycles. The van der Waals surface area contributed by atoms with Crippen molar-refractivity contribution in [3.05, 3.63) is 59.7 Å². The molecule has 2 rings (SSSR count). The van der Waals surface area contributed by atoms with Crippen molar-refractivity contribution in [1.82, 2.24) is 0 Å². The van der Waals surface area contributed by atoms with Crippen molar-refractivity contribution in [3.63, 3.8) is 0 Å². The highest BCUT2D eigenvalue weighted by Gasteiger charge is 2.32. The van der Waals surface area contributed by atoms with Crippen molar-refractivity contribution < 1.29 is 27.1 Å². The predicted octanol–water partition coefficient (Wildman–Crippen LogP) is 24.5. The normalized spacial score (nSPS) is 11.9. The maximum atomic E-state index is 6.86. The monoisotopic (exact) mass is 1080 g/mol. The fourth-order valence-corrected chi connectivity index (χ4v) is 12.3. The van der Waals surface area contributed by atoms with Gasteiger partial charge < -0.3 is 27.1 Å². The highest BCUT2D eigenvalue weighted by Crippen LogP contribution is 2.50. The minimum Gasteiger partial charge on any atom is -0.426 e. The molecule has 0 saturated heterocycles. The van der Waals surface area contributed by atoms with Crippen LogP contribution >= 0.6 is 17.2 Å². The molecule has 436 valence electrons. The summed E-state index contributed by atoms with van der Waals surface area (Å²) in [5, 5.41) is 0. The maximum absolute atomic E-state index is 6.86. The summed E-state index contributed by atoms with van der Waals surface area (Å²) < 4.78 is 39.9. The topological polar surface area (TPSA) is 55.4 Å². The number of hydrogen-bond donors (Lipinski definition) is 0. The largest absolute Gasteiger partial charge is 0.426 e. The van der Waals surface area contributed by atoms with Crippen LogP contribution in [0.4, 0.5) is 0 Å². The van der Waals surface area contributed by atoms with Gasteiger partial charge in [0.25, 0.3) is 0 Å². The van der Waals surface area contributed by atoms with Crippen molar-refractivity contribution in [2.24, 2.45) is 0 Å². The van der Waals surface area contributed by atoms with E-state index in [1.54, 1.807) is 0 Å². The van der Waals surface area contributed by atoms with Gasteiger partial charge in [0, 0.05) is 16.5 Å². The number of para-hydroxylation sites is 2. The van der Waals surface area contributed by atoms with E-state index in [1.165, 1.54) is 257 Å². The van der Waals surface area contributed by atoms with E-state index in [1.807, 2.05) is 0 Å². The molecule has 0 aliphatic carbocycles. The molecular formula is C67H122O6P2. The zero-order chi connectivity index (χ0) is 53.8. The third-order valence-corrected chi connectivity index (χ3v) is 17.5. The van der Waals surface area contributed by atoms with E-state index in [2.05, 4.69) is 90.1 Å².